The van der Waals surface area contributed by atoms with Gasteiger partial charge in [-0.1, -0.05) is 0 Å². The SMILES string of the molecule is C[SH](C)(C)(C)N1CC2CCC2C1. The van der Waals surface area contributed by atoms with Gasteiger partial charge in [0.05, 0.1) is 0 Å². The molecule has 12 heavy (non-hydrogen) atoms. The highest BCUT2D eigenvalue weighted by Crippen LogP contribution is 2.63. The summed E-state index contributed by atoms with van der Waals surface area (Å²) in [4.78, 5) is 0. The molecule has 2 heteroatoms. The smallest absolute Gasteiger partial charge is 0.00891 e. The van der Waals surface area contributed by atoms with Gasteiger partial charge in [-0.3, -0.25) is 13.7 Å². The first kappa shape index (κ1) is 8.89. The Morgan fingerprint density at radius 2 is 1.33 bits per heavy atom. The molecule has 0 amide bonds. The van der Waals surface area contributed by atoms with Crippen molar-refractivity contribution in [3.8, 4) is 0 Å². The Hall–Kier alpha value is 0.310. The number of thiol groups is 1. The summed E-state index contributed by atoms with van der Waals surface area (Å²) in [5, 5.41) is 0. The van der Waals surface area contributed by atoms with Gasteiger partial charge in [0.1, 0.15) is 0 Å². The van der Waals surface area contributed by atoms with Crippen molar-refractivity contribution in [2.75, 3.05) is 38.1 Å². The van der Waals surface area contributed by atoms with Crippen LogP contribution in [-0.2, 0) is 0 Å². The van der Waals surface area contributed by atoms with Crippen molar-refractivity contribution in [1.82, 2.24) is 4.31 Å². The molecule has 0 aromatic rings. The molecule has 0 aromatic carbocycles. The molecule has 1 nitrogen and oxygen atoms in total. The van der Waals surface area contributed by atoms with Crippen molar-refractivity contribution in [2.45, 2.75) is 12.8 Å². The van der Waals surface area contributed by atoms with Crippen LogP contribution >= 0.6 is 9.35 Å². The molecule has 0 spiro atoms. The van der Waals surface area contributed by atoms with Gasteiger partial charge in [-0.25, -0.2) is 0 Å². The van der Waals surface area contributed by atoms with E-state index in [0.717, 1.165) is 11.8 Å². The van der Waals surface area contributed by atoms with E-state index in [2.05, 4.69) is 29.3 Å². The topological polar surface area (TPSA) is 3.24 Å². The molecule has 1 saturated carbocycles. The highest BCUT2D eigenvalue weighted by Gasteiger charge is 2.44. The summed E-state index contributed by atoms with van der Waals surface area (Å²) < 4.78 is 2.80. The van der Waals surface area contributed by atoms with E-state index >= 15 is 0 Å². The first-order valence-corrected chi connectivity index (χ1v) is 9.07. The molecule has 2 unspecified atom stereocenters. The zero-order valence-electron chi connectivity index (χ0n) is 8.88. The molecule has 0 bridgehead atoms. The van der Waals surface area contributed by atoms with Crippen molar-refractivity contribution >= 4 is 9.35 Å². The van der Waals surface area contributed by atoms with Gasteiger partial charge in [0.15, 0.2) is 0 Å². The Morgan fingerprint density at radius 3 is 1.58 bits per heavy atom. The average Bonchev–Trinajstić information content (AvgIpc) is 2.04. The van der Waals surface area contributed by atoms with Crippen molar-refractivity contribution in [1.29, 1.82) is 0 Å². The minimum atomic E-state index is -1.39. The van der Waals surface area contributed by atoms with Crippen LogP contribution in [0.1, 0.15) is 12.8 Å². The number of fused-ring (bicyclic) bond motifs is 1. The summed E-state index contributed by atoms with van der Waals surface area (Å²) in [5.41, 5.74) is 0. The second kappa shape index (κ2) is 2.21. The molecule has 2 atom stereocenters. The summed E-state index contributed by atoms with van der Waals surface area (Å²) in [6, 6.07) is 0. The van der Waals surface area contributed by atoms with Crippen LogP contribution in [0.25, 0.3) is 0 Å². The number of rotatable bonds is 1. The van der Waals surface area contributed by atoms with Gasteiger partial charge in [0.2, 0.25) is 0 Å². The number of hydrogen-bond acceptors (Lipinski definition) is 1. The quantitative estimate of drug-likeness (QED) is 0.616. The average molecular weight is 189 g/mol. The van der Waals surface area contributed by atoms with E-state index in [4.69, 9.17) is 0 Å². The molecule has 1 saturated heterocycles. The van der Waals surface area contributed by atoms with Gasteiger partial charge in [0.25, 0.3) is 0 Å². The van der Waals surface area contributed by atoms with Gasteiger partial charge in [-0.15, -0.1) is 0 Å². The van der Waals surface area contributed by atoms with Crippen LogP contribution in [0.4, 0.5) is 0 Å². The van der Waals surface area contributed by atoms with E-state index in [1.807, 2.05) is 0 Å². The van der Waals surface area contributed by atoms with E-state index in [9.17, 15) is 0 Å². The first-order chi connectivity index (χ1) is 5.33. The monoisotopic (exact) mass is 189 g/mol. The van der Waals surface area contributed by atoms with Crippen LogP contribution in [0.2, 0.25) is 0 Å². The summed E-state index contributed by atoms with van der Waals surface area (Å²) in [7, 11) is -1.39. The van der Waals surface area contributed by atoms with Crippen LogP contribution in [0.5, 0.6) is 0 Å². The predicted octanol–water partition coefficient (Wildman–Crippen LogP) is 1.83. The minimum Gasteiger partial charge on any atom is -0.283 e. The Balaban J connectivity index is 2.08. The Morgan fingerprint density at radius 1 is 0.917 bits per heavy atom. The third kappa shape index (κ3) is 1.39. The third-order valence-electron chi connectivity index (χ3n) is 3.60. The maximum Gasteiger partial charge on any atom is 0.00891 e. The second-order valence-electron chi connectivity index (χ2n) is 6.45. The third-order valence-corrected chi connectivity index (χ3v) is 6.19. The van der Waals surface area contributed by atoms with E-state index in [1.54, 1.807) is 0 Å². The van der Waals surface area contributed by atoms with Crippen LogP contribution in [0, 0.1) is 11.8 Å². The predicted molar refractivity (Wildman–Crippen MR) is 60.5 cm³/mol. The number of nitrogens with zero attached hydrogens (tertiary/aromatic N) is 1. The van der Waals surface area contributed by atoms with Gasteiger partial charge in [-0.05, 0) is 49.7 Å². The standard InChI is InChI=1S/C10H23NS/c1-12(2,3,4)11-7-9-5-6-10(9)8-11/h9-10,12H,5-8H2,1-4H3. The van der Waals surface area contributed by atoms with Gasteiger partial charge in [-0.2, -0.15) is 0 Å². The van der Waals surface area contributed by atoms with Crippen LogP contribution < -0.4 is 0 Å². The largest absolute Gasteiger partial charge is 0.283 e. The highest BCUT2D eigenvalue weighted by molar-refractivity contribution is 8.45. The van der Waals surface area contributed by atoms with Crippen molar-refractivity contribution in [2.24, 2.45) is 11.8 Å². The van der Waals surface area contributed by atoms with E-state index in [1.165, 1.54) is 25.9 Å². The number of hydrogen-bond donors (Lipinski definition) is 1. The van der Waals surface area contributed by atoms with Crippen LogP contribution in [0.3, 0.4) is 0 Å². The lowest BCUT2D eigenvalue weighted by Gasteiger charge is -2.56. The fourth-order valence-electron chi connectivity index (χ4n) is 2.39. The molecule has 2 aliphatic rings. The summed E-state index contributed by atoms with van der Waals surface area (Å²) in [6.45, 7) is 2.81. The molecule has 74 valence electrons. The normalized spacial score (nSPS) is 39.8. The van der Waals surface area contributed by atoms with Crippen LogP contribution in [-0.4, -0.2) is 42.4 Å². The van der Waals surface area contributed by atoms with Gasteiger partial charge in [0, 0.05) is 13.1 Å². The lowest BCUT2D eigenvalue weighted by molar-refractivity contribution is 0.243. The Bertz CT molecular complexity index is 182. The fraction of sp³-hybridized carbons (Fsp3) is 1.00. The molecule has 2 fully saturated rings. The molecular formula is C10H23NS. The molecular weight excluding hydrogens is 166 g/mol. The lowest BCUT2D eigenvalue weighted by Crippen LogP contribution is -2.33. The summed E-state index contributed by atoms with van der Waals surface area (Å²) in [5.74, 6) is 2.15. The van der Waals surface area contributed by atoms with E-state index in [-0.39, 0.29) is 0 Å². The van der Waals surface area contributed by atoms with E-state index in [0.29, 0.717) is 0 Å². The zero-order chi connectivity index (χ0) is 9.01. The van der Waals surface area contributed by atoms with Crippen molar-refractivity contribution in [3.05, 3.63) is 0 Å². The van der Waals surface area contributed by atoms with Gasteiger partial charge < -0.3 is 0 Å². The van der Waals surface area contributed by atoms with E-state index < -0.39 is 9.35 Å². The first-order valence-electron chi connectivity index (χ1n) is 5.09. The maximum atomic E-state index is 2.80. The van der Waals surface area contributed by atoms with Crippen LogP contribution in [0.15, 0.2) is 0 Å². The maximum absolute atomic E-state index is 2.80. The highest BCUT2D eigenvalue weighted by atomic mass is 32.3. The Labute approximate surface area is 76.9 Å². The second-order valence-corrected chi connectivity index (χ2v) is 14.0. The molecule has 2 rings (SSSR count). The fourth-order valence-corrected chi connectivity index (χ4v) is 4.11. The van der Waals surface area contributed by atoms with Gasteiger partial charge >= 0.3 is 0 Å². The molecule has 1 heterocycles. The Kier molecular flexibility index (Phi) is 1.64. The molecule has 1 aliphatic heterocycles. The molecule has 0 aromatic heterocycles. The lowest BCUT2D eigenvalue weighted by atomic mass is 9.77. The molecule has 0 N–H and O–H groups in total. The summed E-state index contributed by atoms with van der Waals surface area (Å²) >= 11 is 0. The van der Waals surface area contributed by atoms with Crippen molar-refractivity contribution in [3.63, 3.8) is 0 Å². The molecule has 0 radical (unpaired) electrons. The minimum absolute atomic E-state index is 1.08. The zero-order valence-corrected chi connectivity index (χ0v) is 9.77. The summed E-state index contributed by atoms with van der Waals surface area (Å²) in [6.07, 6.45) is 12.9. The van der Waals surface area contributed by atoms with Crippen molar-refractivity contribution < 1.29 is 0 Å². The molecule has 1 aliphatic carbocycles.